The Kier molecular flexibility index (Phi) is 7.00. The quantitative estimate of drug-likeness (QED) is 0.757. The molecule has 3 atom stereocenters. The first kappa shape index (κ1) is 21.7. The van der Waals surface area contributed by atoms with Crippen LogP contribution in [-0.2, 0) is 14.3 Å². The number of alkyl halides is 3. The molecule has 156 valence electrons. The summed E-state index contributed by atoms with van der Waals surface area (Å²) in [5.74, 6) is -0.830. The van der Waals surface area contributed by atoms with E-state index >= 15 is 0 Å². The fraction of sp³-hybridized carbons (Fsp3) is 0.625. The van der Waals surface area contributed by atoms with Crippen LogP contribution < -0.4 is 15.0 Å². The molecule has 9 nitrogen and oxygen atoms in total. The second-order valence-corrected chi connectivity index (χ2v) is 6.30. The van der Waals surface area contributed by atoms with Crippen molar-refractivity contribution in [3.63, 3.8) is 0 Å². The molecular weight excluding hydrogens is 385 g/mol. The molecule has 0 unspecified atom stereocenters. The molecule has 0 bridgehead atoms. The number of hydrogen-bond acceptors (Lipinski definition) is 7. The number of rotatable bonds is 4. The van der Waals surface area contributed by atoms with Crippen molar-refractivity contribution in [3.05, 3.63) is 12.4 Å². The molecule has 2 aliphatic heterocycles. The number of carbonyl (C=O) groups excluding carboxylic acids is 1. The number of amides is 1. The topological polar surface area (TPSA) is 114 Å². The number of hydrogen-bond donors (Lipinski definition) is 2. The Balaban J connectivity index is 0.000000345. The summed E-state index contributed by atoms with van der Waals surface area (Å²) < 4.78 is 42.9. The number of fused-ring (bicyclic) bond motifs is 1. The zero-order valence-electron chi connectivity index (χ0n) is 15.3. The van der Waals surface area contributed by atoms with E-state index in [-0.39, 0.29) is 18.1 Å². The van der Waals surface area contributed by atoms with E-state index in [2.05, 4.69) is 20.2 Å². The van der Waals surface area contributed by atoms with Crippen molar-refractivity contribution in [1.82, 2.24) is 15.3 Å². The zero-order chi connectivity index (χ0) is 20.9. The van der Waals surface area contributed by atoms with Crippen LogP contribution in [0.4, 0.5) is 19.0 Å². The van der Waals surface area contributed by atoms with Gasteiger partial charge in [-0.1, -0.05) is 0 Å². The van der Waals surface area contributed by atoms with Crippen LogP contribution in [0, 0.1) is 5.92 Å². The highest BCUT2D eigenvalue weighted by Gasteiger charge is 2.42. The molecule has 1 aromatic rings. The first-order valence-corrected chi connectivity index (χ1v) is 8.41. The molecule has 3 rings (SSSR count). The van der Waals surface area contributed by atoms with Gasteiger partial charge in [0.15, 0.2) is 0 Å². The van der Waals surface area contributed by atoms with Gasteiger partial charge in [0.25, 0.3) is 0 Å². The zero-order valence-corrected chi connectivity index (χ0v) is 15.3. The third-order valence-electron chi connectivity index (χ3n) is 4.41. The van der Waals surface area contributed by atoms with Crippen LogP contribution >= 0.6 is 0 Å². The van der Waals surface area contributed by atoms with Crippen LogP contribution in [0.3, 0.4) is 0 Å². The predicted molar refractivity (Wildman–Crippen MR) is 89.9 cm³/mol. The average Bonchev–Trinajstić information content (AvgIpc) is 3.19. The lowest BCUT2D eigenvalue weighted by Gasteiger charge is -2.20. The predicted octanol–water partition coefficient (Wildman–Crippen LogP) is 0.848. The van der Waals surface area contributed by atoms with E-state index in [9.17, 15) is 18.0 Å². The minimum absolute atomic E-state index is 0.0392. The fourth-order valence-electron chi connectivity index (χ4n) is 3.10. The summed E-state index contributed by atoms with van der Waals surface area (Å²) in [7, 11) is 3.25. The van der Waals surface area contributed by atoms with Crippen LogP contribution in [0.2, 0.25) is 0 Å². The summed E-state index contributed by atoms with van der Waals surface area (Å²) in [5, 5.41) is 9.77. The Morgan fingerprint density at radius 2 is 2.07 bits per heavy atom. The van der Waals surface area contributed by atoms with E-state index in [1.54, 1.807) is 14.2 Å². The van der Waals surface area contributed by atoms with Gasteiger partial charge in [-0.05, 0) is 6.42 Å². The maximum atomic E-state index is 11.4. The maximum Gasteiger partial charge on any atom is 0.490 e. The van der Waals surface area contributed by atoms with Gasteiger partial charge in [0.05, 0.1) is 25.7 Å². The molecule has 3 heterocycles. The third-order valence-corrected chi connectivity index (χ3v) is 4.41. The molecule has 2 aliphatic rings. The van der Waals surface area contributed by atoms with Gasteiger partial charge in [-0.25, -0.2) is 14.8 Å². The second kappa shape index (κ2) is 9.04. The van der Waals surface area contributed by atoms with Gasteiger partial charge in [0.1, 0.15) is 12.1 Å². The average molecular weight is 406 g/mol. The Morgan fingerprint density at radius 3 is 2.61 bits per heavy atom. The number of carboxylic acid groups (broad SMARTS) is 1. The molecule has 0 spiro atoms. The van der Waals surface area contributed by atoms with Crippen molar-refractivity contribution in [3.8, 4) is 5.88 Å². The van der Waals surface area contributed by atoms with E-state index in [1.165, 1.54) is 6.33 Å². The number of ether oxygens (including phenoxy) is 2. The van der Waals surface area contributed by atoms with E-state index in [4.69, 9.17) is 19.4 Å². The van der Waals surface area contributed by atoms with E-state index < -0.39 is 12.1 Å². The van der Waals surface area contributed by atoms with Gasteiger partial charge >= 0.3 is 12.1 Å². The Hall–Kier alpha value is -2.63. The van der Waals surface area contributed by atoms with Gasteiger partial charge in [-0.3, -0.25) is 4.79 Å². The summed E-state index contributed by atoms with van der Waals surface area (Å²) >= 11 is 0. The molecule has 2 fully saturated rings. The third kappa shape index (κ3) is 5.68. The van der Waals surface area contributed by atoms with E-state index in [0.29, 0.717) is 18.2 Å². The van der Waals surface area contributed by atoms with Gasteiger partial charge in [0, 0.05) is 32.1 Å². The number of halogens is 3. The lowest BCUT2D eigenvalue weighted by atomic mass is 10.0. The molecule has 1 amide bonds. The summed E-state index contributed by atoms with van der Waals surface area (Å²) in [6, 6.07) is 1.84. The molecule has 0 saturated carbocycles. The number of carboxylic acids is 1. The molecule has 28 heavy (non-hydrogen) atoms. The first-order valence-electron chi connectivity index (χ1n) is 8.41. The van der Waals surface area contributed by atoms with Crippen molar-refractivity contribution >= 4 is 17.7 Å². The highest BCUT2D eigenvalue weighted by molar-refractivity contribution is 5.76. The van der Waals surface area contributed by atoms with Crippen LogP contribution in [0.15, 0.2) is 12.4 Å². The minimum atomic E-state index is -5.08. The SMILES string of the molecule is CNC(=O)C[C@H]1C[C@H]2CN(c3cc(OC)ncn3)C[C@H]2O1.O=C(O)C(F)(F)F. The van der Waals surface area contributed by atoms with E-state index in [0.717, 1.165) is 25.3 Å². The van der Waals surface area contributed by atoms with Crippen LogP contribution in [0.5, 0.6) is 5.88 Å². The van der Waals surface area contributed by atoms with Crippen LogP contribution in [0.25, 0.3) is 0 Å². The molecule has 2 N–H and O–H groups in total. The Bertz CT molecular complexity index is 689. The second-order valence-electron chi connectivity index (χ2n) is 6.30. The monoisotopic (exact) mass is 406 g/mol. The number of nitrogens with one attached hydrogen (secondary N) is 1. The number of aromatic nitrogens is 2. The van der Waals surface area contributed by atoms with Crippen molar-refractivity contribution in [2.75, 3.05) is 32.1 Å². The number of nitrogens with zero attached hydrogens (tertiary/aromatic N) is 3. The fourth-order valence-corrected chi connectivity index (χ4v) is 3.10. The van der Waals surface area contributed by atoms with Gasteiger partial charge < -0.3 is 24.8 Å². The molecule has 12 heteroatoms. The molecule has 0 aliphatic carbocycles. The van der Waals surface area contributed by atoms with Crippen molar-refractivity contribution in [1.29, 1.82) is 0 Å². The van der Waals surface area contributed by atoms with Crippen LogP contribution in [-0.4, -0.2) is 72.6 Å². The first-order chi connectivity index (χ1) is 13.1. The number of carbonyl (C=O) groups is 2. The van der Waals surface area contributed by atoms with Gasteiger partial charge in [-0.2, -0.15) is 13.2 Å². The standard InChI is InChI=1S/C14H20N4O3.C2HF3O2/c1-15-13(19)4-10-3-9-6-18(7-11(9)21-10)12-5-14(20-2)17-8-16-12;3-2(4,5)1(6)7/h5,8-11H,3-4,6-7H2,1-2H3,(H,15,19);(H,6,7)/t9-,10+,11+;/m0./s1. The molecular formula is C16H21F3N4O5. The number of methoxy groups -OCH3 is 1. The summed E-state index contributed by atoms with van der Waals surface area (Å²) in [5.41, 5.74) is 0. The normalized spacial score (nSPS) is 23.5. The molecule has 2 saturated heterocycles. The lowest BCUT2D eigenvalue weighted by molar-refractivity contribution is -0.192. The van der Waals surface area contributed by atoms with Crippen molar-refractivity contribution < 1.29 is 37.3 Å². The van der Waals surface area contributed by atoms with Crippen LogP contribution in [0.1, 0.15) is 12.8 Å². The van der Waals surface area contributed by atoms with Gasteiger partial charge in [0.2, 0.25) is 11.8 Å². The smallest absolute Gasteiger partial charge is 0.481 e. The summed E-state index contributed by atoms with van der Waals surface area (Å²) in [6.45, 7) is 1.70. The number of anilines is 1. The molecule has 1 aromatic heterocycles. The maximum absolute atomic E-state index is 11.4. The summed E-state index contributed by atoms with van der Waals surface area (Å²) in [4.78, 5) is 30.8. The van der Waals surface area contributed by atoms with E-state index in [1.807, 2.05) is 6.07 Å². The highest BCUT2D eigenvalue weighted by Crippen LogP contribution is 2.36. The Labute approximate surface area is 158 Å². The highest BCUT2D eigenvalue weighted by atomic mass is 19.4. The van der Waals surface area contributed by atoms with Gasteiger partial charge in [-0.15, -0.1) is 0 Å². The minimum Gasteiger partial charge on any atom is -0.481 e. The molecule has 0 aromatic carbocycles. The number of aliphatic carboxylic acids is 1. The lowest BCUT2D eigenvalue weighted by Crippen LogP contribution is -2.28. The van der Waals surface area contributed by atoms with Crippen molar-refractivity contribution in [2.24, 2.45) is 5.92 Å². The summed E-state index contributed by atoms with van der Waals surface area (Å²) in [6.07, 6.45) is -1.97. The van der Waals surface area contributed by atoms with Crippen molar-refractivity contribution in [2.45, 2.75) is 31.2 Å². The molecule has 0 radical (unpaired) electrons. The largest absolute Gasteiger partial charge is 0.490 e. The Morgan fingerprint density at radius 1 is 1.39 bits per heavy atom.